The minimum absolute atomic E-state index is 0.0394. The lowest BCUT2D eigenvalue weighted by atomic mass is 9.94. The van der Waals surface area contributed by atoms with Crippen LogP contribution in [-0.2, 0) is 0 Å². The Morgan fingerprint density at radius 2 is 0.323 bits per heavy atom. The first-order valence-electron chi connectivity index (χ1n) is 31.7. The zero-order chi connectivity index (χ0) is 64.1. The molecule has 4 heterocycles. The lowest BCUT2D eigenvalue weighted by molar-refractivity contribution is 0.659. The maximum atomic E-state index is 14.4. The summed E-state index contributed by atoms with van der Waals surface area (Å²) in [6, 6.07) is 99.2. The van der Waals surface area contributed by atoms with Crippen LogP contribution in [0.5, 0.6) is 0 Å². The van der Waals surface area contributed by atoms with Crippen LogP contribution in [0.4, 0.5) is 0 Å². The first-order chi connectivity index (χ1) is 47.1. The van der Waals surface area contributed by atoms with Crippen LogP contribution in [-0.4, -0.2) is 0 Å². The average molecular weight is 1240 g/mol. The number of hydrogen-bond donors (Lipinski definition) is 0. The Morgan fingerprint density at radius 3 is 0.594 bits per heavy atom. The molecule has 8 nitrogen and oxygen atoms in total. The van der Waals surface area contributed by atoms with Gasteiger partial charge in [0.05, 0.1) is 43.1 Å². The van der Waals surface area contributed by atoms with E-state index < -0.39 is 0 Å². The van der Waals surface area contributed by atoms with Crippen LogP contribution >= 0.6 is 0 Å². The second-order valence-electron chi connectivity index (χ2n) is 24.5. The van der Waals surface area contributed by atoms with E-state index in [1.54, 1.807) is 18.2 Å². The average Bonchev–Trinajstić information content (AvgIpc) is 0.798. The van der Waals surface area contributed by atoms with Crippen molar-refractivity contribution in [3.05, 3.63) is 344 Å². The summed E-state index contributed by atoms with van der Waals surface area (Å²) >= 11 is 0. The highest BCUT2D eigenvalue weighted by Crippen LogP contribution is 2.38. The molecular weight excluding hydrogens is 1180 g/mol. The van der Waals surface area contributed by atoms with E-state index in [1.165, 1.54) is 0 Å². The molecule has 0 aliphatic heterocycles. The highest BCUT2D eigenvalue weighted by Gasteiger charge is 2.18. The molecule has 14 aromatic carbocycles. The van der Waals surface area contributed by atoms with Gasteiger partial charge in [0, 0.05) is 0 Å². The molecule has 0 bridgehead atoms. The smallest absolute Gasteiger partial charge is 0.200 e. The molecule has 0 spiro atoms. The van der Waals surface area contributed by atoms with Gasteiger partial charge in [0.25, 0.3) is 0 Å². The monoisotopic (exact) mass is 1230 g/mol. The lowest BCUT2D eigenvalue weighted by Crippen LogP contribution is -2.03. The van der Waals surface area contributed by atoms with Crippen LogP contribution < -0.4 is 21.7 Å². The number of rotatable bonds is 9. The van der Waals surface area contributed by atoms with Crippen molar-refractivity contribution in [2.24, 2.45) is 0 Å². The van der Waals surface area contributed by atoms with Crippen molar-refractivity contribution in [3.8, 4) is 100 Å². The maximum Gasteiger partial charge on any atom is 0.200 e. The molecule has 0 saturated heterocycles. The molecule has 4 aromatic heterocycles. The zero-order valence-corrected chi connectivity index (χ0v) is 51.1. The van der Waals surface area contributed by atoms with Crippen molar-refractivity contribution in [2.45, 2.75) is 0 Å². The Bertz CT molecular complexity index is 6580. The summed E-state index contributed by atoms with van der Waals surface area (Å²) in [4.78, 5) is 55.5. The topological polar surface area (TPSA) is 121 Å². The summed E-state index contributed by atoms with van der Waals surface area (Å²) in [6.45, 7) is 0. The van der Waals surface area contributed by atoms with E-state index in [9.17, 15) is 19.2 Å². The van der Waals surface area contributed by atoms with Crippen LogP contribution in [0.15, 0.2) is 340 Å². The van der Waals surface area contributed by atoms with Gasteiger partial charge in [-0.3, -0.25) is 19.2 Å². The van der Waals surface area contributed by atoms with Crippen LogP contribution in [0.3, 0.4) is 0 Å². The fourth-order valence-electron chi connectivity index (χ4n) is 13.7. The number of hydrogen-bond acceptors (Lipinski definition) is 8. The van der Waals surface area contributed by atoms with Gasteiger partial charge in [-0.2, -0.15) is 0 Å². The predicted molar refractivity (Wildman–Crippen MR) is 390 cm³/mol. The Labute approximate surface area is 546 Å². The van der Waals surface area contributed by atoms with Gasteiger partial charge >= 0.3 is 0 Å². The molecule has 96 heavy (non-hydrogen) atoms. The molecule has 18 rings (SSSR count). The maximum absolute atomic E-state index is 14.4. The summed E-state index contributed by atoms with van der Waals surface area (Å²) in [7, 11) is 0. The standard InChI is InChI=1S/C88H50O8/c89-85-69-23-1-4-26-78(69)94-82-48-66(27-33-71(82)85)61-21-9-17-57(43-61)53-13-6-14-54(40-53)58-18-10-22-62(44-58)67-28-34-72-83(49-67)95-81-38-32-65(47-76(81)88(72)92)68-29-35-73-84(50-68)96-80-37-31-64(46-75(80)87(73)91)60-20-8-16-56(42-60)52-12-5-11-51(39-52)55-15-7-19-59(41-55)63-30-36-79-74(45-63)86(90)70-24-2-3-25-77(70)93-79/h1-50H. The first kappa shape index (κ1) is 55.8. The Hall–Kier alpha value is -13.0. The van der Waals surface area contributed by atoms with Crippen molar-refractivity contribution in [3.63, 3.8) is 0 Å². The van der Waals surface area contributed by atoms with Gasteiger partial charge in [-0.25, -0.2) is 0 Å². The third kappa shape index (κ3) is 9.70. The third-order valence-electron chi connectivity index (χ3n) is 18.7. The van der Waals surface area contributed by atoms with E-state index in [2.05, 4.69) is 115 Å². The van der Waals surface area contributed by atoms with Gasteiger partial charge in [-0.1, -0.05) is 170 Å². The molecule has 0 N–H and O–H groups in total. The fourth-order valence-corrected chi connectivity index (χ4v) is 13.7. The van der Waals surface area contributed by atoms with E-state index in [0.29, 0.717) is 87.8 Å². The van der Waals surface area contributed by atoms with Crippen LogP contribution in [0.25, 0.3) is 188 Å². The molecule has 0 aliphatic rings. The molecular formula is C88H50O8. The van der Waals surface area contributed by atoms with Gasteiger partial charge in [-0.05, 0) is 234 Å². The van der Waals surface area contributed by atoms with Gasteiger partial charge in [-0.15, -0.1) is 0 Å². The second-order valence-corrected chi connectivity index (χ2v) is 24.5. The van der Waals surface area contributed by atoms with Gasteiger partial charge in [0.15, 0.2) is 0 Å². The van der Waals surface area contributed by atoms with Gasteiger partial charge in [0.2, 0.25) is 21.7 Å². The number of fused-ring (bicyclic) bond motifs is 8. The Balaban J connectivity index is 0.588. The zero-order valence-electron chi connectivity index (χ0n) is 51.1. The molecule has 0 saturated carbocycles. The van der Waals surface area contributed by atoms with Crippen molar-refractivity contribution < 1.29 is 17.7 Å². The third-order valence-corrected chi connectivity index (χ3v) is 18.7. The quantitative estimate of drug-likeness (QED) is 0.131. The second kappa shape index (κ2) is 22.4. The molecule has 0 amide bonds. The minimum atomic E-state index is -0.143. The first-order valence-corrected chi connectivity index (χ1v) is 31.7. The number of para-hydroxylation sites is 2. The number of benzene rings is 14. The molecule has 0 radical (unpaired) electrons. The molecule has 0 fully saturated rings. The minimum Gasteiger partial charge on any atom is -0.456 e. The van der Waals surface area contributed by atoms with Crippen molar-refractivity contribution in [1.29, 1.82) is 0 Å². The van der Waals surface area contributed by atoms with E-state index in [1.807, 2.05) is 170 Å². The summed E-state index contributed by atoms with van der Waals surface area (Å²) in [5.41, 5.74) is 21.2. The lowest BCUT2D eigenvalue weighted by Gasteiger charge is -2.11. The fraction of sp³-hybridized carbons (Fsp3) is 0. The highest BCUT2D eigenvalue weighted by atomic mass is 16.3. The van der Waals surface area contributed by atoms with E-state index in [0.717, 1.165) is 100 Å². The molecule has 18 aromatic rings. The summed E-state index contributed by atoms with van der Waals surface area (Å²) in [6.07, 6.45) is 0. The summed E-state index contributed by atoms with van der Waals surface area (Å²) in [5.74, 6) is 0. The molecule has 450 valence electrons. The van der Waals surface area contributed by atoms with Crippen LogP contribution in [0.2, 0.25) is 0 Å². The summed E-state index contributed by atoms with van der Waals surface area (Å²) < 4.78 is 25.3. The van der Waals surface area contributed by atoms with Crippen molar-refractivity contribution >= 4 is 87.8 Å². The highest BCUT2D eigenvalue weighted by molar-refractivity contribution is 5.99. The molecule has 0 aliphatic carbocycles. The van der Waals surface area contributed by atoms with Crippen LogP contribution in [0.1, 0.15) is 0 Å². The summed E-state index contributed by atoms with van der Waals surface area (Å²) in [5, 5.41) is 4.07. The molecule has 0 unspecified atom stereocenters. The molecule has 0 atom stereocenters. The Morgan fingerprint density at radius 1 is 0.135 bits per heavy atom. The normalized spacial score (nSPS) is 11.7. The van der Waals surface area contributed by atoms with Gasteiger partial charge in [0.1, 0.15) is 44.7 Å². The van der Waals surface area contributed by atoms with Crippen molar-refractivity contribution in [2.75, 3.05) is 0 Å². The SMILES string of the molecule is O=c1c2ccccc2oc2cc(-c3cccc(-c4cccc(-c5cccc(-c6ccc7c(=O)c8cc(-c9ccc%10c(=O)c%11cc(-c%12cccc(-c%13cccc(-c%14cccc(-c%15ccc%16oc%17ccccc%17c(=O)c%16c%15)c%14)c%13)c%12)ccc%11oc%10c9)ccc8oc7c6)c5)c4)c3)ccc12. The molecule has 8 heteroatoms. The van der Waals surface area contributed by atoms with Crippen molar-refractivity contribution in [1.82, 2.24) is 0 Å². The van der Waals surface area contributed by atoms with E-state index >= 15 is 0 Å². The largest absolute Gasteiger partial charge is 0.456 e. The predicted octanol–water partition coefficient (Wildman–Crippen LogP) is 21.7. The Kier molecular flexibility index (Phi) is 13.0. The van der Waals surface area contributed by atoms with E-state index in [-0.39, 0.29) is 21.7 Å². The van der Waals surface area contributed by atoms with E-state index in [4.69, 9.17) is 17.7 Å². The van der Waals surface area contributed by atoms with Gasteiger partial charge < -0.3 is 17.7 Å². The van der Waals surface area contributed by atoms with Crippen LogP contribution in [0, 0.1) is 0 Å².